The van der Waals surface area contributed by atoms with Crippen molar-refractivity contribution in [3.05, 3.63) is 21.0 Å². The SMILES string of the molecule is CCn1ncc(NC2CC(C)(C)CC(C)(C)C2)c(Br)c1=O. The van der Waals surface area contributed by atoms with E-state index in [1.807, 2.05) is 6.92 Å². The van der Waals surface area contributed by atoms with Crippen LogP contribution in [0.15, 0.2) is 15.5 Å². The van der Waals surface area contributed by atoms with E-state index in [0.717, 1.165) is 18.5 Å². The average molecular weight is 356 g/mol. The third-order valence-electron chi connectivity index (χ3n) is 4.20. The predicted octanol–water partition coefficient (Wildman–Crippen LogP) is 4.04. The second-order valence-corrected chi connectivity index (χ2v) is 8.54. The molecule has 0 bridgehead atoms. The van der Waals surface area contributed by atoms with Crippen molar-refractivity contribution in [2.24, 2.45) is 10.8 Å². The number of nitrogens with zero attached hydrogens (tertiary/aromatic N) is 2. The Morgan fingerprint density at radius 2 is 1.90 bits per heavy atom. The number of hydrogen-bond donors (Lipinski definition) is 1. The van der Waals surface area contributed by atoms with Gasteiger partial charge in [-0.3, -0.25) is 4.79 Å². The first-order valence-electron chi connectivity index (χ1n) is 7.66. The second-order valence-electron chi connectivity index (χ2n) is 7.75. The molecule has 1 aliphatic carbocycles. The van der Waals surface area contributed by atoms with Crippen molar-refractivity contribution in [2.45, 2.75) is 66.5 Å². The Hall–Kier alpha value is -0.840. The maximum Gasteiger partial charge on any atom is 0.283 e. The first kappa shape index (κ1) is 16.5. The second kappa shape index (κ2) is 5.75. The summed E-state index contributed by atoms with van der Waals surface area (Å²) in [5.41, 5.74) is 1.37. The highest BCUT2D eigenvalue weighted by Crippen LogP contribution is 2.46. The third-order valence-corrected chi connectivity index (χ3v) is 4.97. The van der Waals surface area contributed by atoms with Gasteiger partial charge in [0.05, 0.1) is 11.9 Å². The van der Waals surface area contributed by atoms with Gasteiger partial charge in [-0.2, -0.15) is 5.10 Å². The smallest absolute Gasteiger partial charge is 0.283 e. The molecule has 0 unspecified atom stereocenters. The van der Waals surface area contributed by atoms with E-state index in [1.54, 1.807) is 6.20 Å². The molecule has 0 atom stereocenters. The highest BCUT2D eigenvalue weighted by molar-refractivity contribution is 9.10. The van der Waals surface area contributed by atoms with Crippen LogP contribution in [0.2, 0.25) is 0 Å². The van der Waals surface area contributed by atoms with Gasteiger partial charge < -0.3 is 5.32 Å². The van der Waals surface area contributed by atoms with Crippen molar-refractivity contribution in [3.8, 4) is 0 Å². The maximum atomic E-state index is 12.1. The highest BCUT2D eigenvalue weighted by atomic mass is 79.9. The molecule has 0 spiro atoms. The number of anilines is 1. The third kappa shape index (κ3) is 3.87. The molecule has 0 aliphatic heterocycles. The molecule has 1 fully saturated rings. The molecule has 0 radical (unpaired) electrons. The van der Waals surface area contributed by atoms with Crippen molar-refractivity contribution in [1.82, 2.24) is 9.78 Å². The Balaban J connectivity index is 2.22. The van der Waals surface area contributed by atoms with Crippen LogP contribution in [-0.4, -0.2) is 15.8 Å². The zero-order valence-electron chi connectivity index (χ0n) is 13.7. The van der Waals surface area contributed by atoms with Gasteiger partial charge in [0.1, 0.15) is 4.47 Å². The fourth-order valence-electron chi connectivity index (χ4n) is 3.96. The molecule has 1 aromatic rings. The molecular weight excluding hydrogens is 330 g/mol. The summed E-state index contributed by atoms with van der Waals surface area (Å²) in [6.45, 7) is 11.8. The van der Waals surface area contributed by atoms with Crippen LogP contribution in [0.1, 0.15) is 53.9 Å². The van der Waals surface area contributed by atoms with E-state index in [-0.39, 0.29) is 5.56 Å². The summed E-state index contributed by atoms with van der Waals surface area (Å²) in [5.74, 6) is 0. The van der Waals surface area contributed by atoms with Gasteiger partial charge in [0, 0.05) is 12.6 Å². The van der Waals surface area contributed by atoms with E-state index in [1.165, 1.54) is 11.1 Å². The van der Waals surface area contributed by atoms with Crippen molar-refractivity contribution in [1.29, 1.82) is 0 Å². The summed E-state index contributed by atoms with van der Waals surface area (Å²) in [7, 11) is 0. The van der Waals surface area contributed by atoms with Gasteiger partial charge in [-0.15, -0.1) is 0 Å². The van der Waals surface area contributed by atoms with Gasteiger partial charge in [0.25, 0.3) is 5.56 Å². The summed E-state index contributed by atoms with van der Waals surface area (Å²) in [6, 6.07) is 0.374. The minimum Gasteiger partial charge on any atom is -0.380 e. The van der Waals surface area contributed by atoms with Crippen LogP contribution in [0.25, 0.3) is 0 Å². The fraction of sp³-hybridized carbons (Fsp3) is 0.750. The number of halogens is 1. The van der Waals surface area contributed by atoms with Gasteiger partial charge in [0.15, 0.2) is 0 Å². The van der Waals surface area contributed by atoms with Crippen molar-refractivity contribution in [3.63, 3.8) is 0 Å². The van der Waals surface area contributed by atoms with Crippen molar-refractivity contribution in [2.75, 3.05) is 5.32 Å². The lowest BCUT2D eigenvalue weighted by molar-refractivity contribution is 0.105. The molecule has 1 aliphatic rings. The van der Waals surface area contributed by atoms with Crippen LogP contribution < -0.4 is 10.9 Å². The molecule has 1 saturated carbocycles. The van der Waals surface area contributed by atoms with E-state index < -0.39 is 0 Å². The van der Waals surface area contributed by atoms with Gasteiger partial charge >= 0.3 is 0 Å². The molecule has 0 aromatic carbocycles. The van der Waals surface area contributed by atoms with Gasteiger partial charge in [-0.05, 0) is 52.9 Å². The van der Waals surface area contributed by atoms with E-state index in [0.29, 0.717) is 27.9 Å². The van der Waals surface area contributed by atoms with Gasteiger partial charge in [-0.25, -0.2) is 4.68 Å². The molecule has 0 amide bonds. The summed E-state index contributed by atoms with van der Waals surface area (Å²) in [4.78, 5) is 12.1. The van der Waals surface area contributed by atoms with Crippen LogP contribution in [-0.2, 0) is 6.54 Å². The zero-order valence-corrected chi connectivity index (χ0v) is 15.2. The molecule has 4 nitrogen and oxygen atoms in total. The molecule has 5 heteroatoms. The molecule has 118 valence electrons. The Morgan fingerprint density at radius 3 is 2.43 bits per heavy atom. The van der Waals surface area contributed by atoms with E-state index >= 15 is 0 Å². The highest BCUT2D eigenvalue weighted by Gasteiger charge is 2.38. The number of aryl methyl sites for hydroxylation is 1. The Bertz CT molecular complexity index is 561. The minimum absolute atomic E-state index is 0.0724. The summed E-state index contributed by atoms with van der Waals surface area (Å²) < 4.78 is 2.05. The summed E-state index contributed by atoms with van der Waals surface area (Å²) in [6.07, 6.45) is 5.21. The van der Waals surface area contributed by atoms with E-state index in [9.17, 15) is 4.79 Å². The van der Waals surface area contributed by atoms with E-state index in [4.69, 9.17) is 0 Å². The lowest BCUT2D eigenvalue weighted by Crippen LogP contribution is -2.40. The molecule has 2 rings (SSSR count). The topological polar surface area (TPSA) is 46.9 Å². The van der Waals surface area contributed by atoms with Gasteiger partial charge in [0.2, 0.25) is 0 Å². The lowest BCUT2D eigenvalue weighted by atomic mass is 9.63. The van der Waals surface area contributed by atoms with Gasteiger partial charge in [-0.1, -0.05) is 27.7 Å². The summed E-state index contributed by atoms with van der Waals surface area (Å²) in [5, 5.41) is 7.74. The normalized spacial score (nSPS) is 21.2. The minimum atomic E-state index is -0.0724. The Kier molecular flexibility index (Phi) is 4.52. The number of rotatable bonds is 3. The molecule has 1 heterocycles. The Morgan fingerprint density at radius 1 is 1.33 bits per heavy atom. The van der Waals surface area contributed by atoms with Crippen LogP contribution in [0.5, 0.6) is 0 Å². The lowest BCUT2D eigenvalue weighted by Gasteiger charge is -2.45. The molecule has 1 N–H and O–H groups in total. The monoisotopic (exact) mass is 355 g/mol. The molecule has 0 saturated heterocycles. The first-order chi connectivity index (χ1) is 9.63. The standard InChI is InChI=1S/C16H26BrN3O/c1-6-20-14(21)13(17)12(9-18-20)19-11-7-15(2,3)10-16(4,5)8-11/h9,11,19H,6-8,10H2,1-5H3. The van der Waals surface area contributed by atoms with Crippen LogP contribution in [0.4, 0.5) is 5.69 Å². The van der Waals surface area contributed by atoms with Crippen LogP contribution >= 0.6 is 15.9 Å². The van der Waals surface area contributed by atoms with Crippen LogP contribution in [0.3, 0.4) is 0 Å². The van der Waals surface area contributed by atoms with Crippen molar-refractivity contribution < 1.29 is 0 Å². The number of aromatic nitrogens is 2. The first-order valence-corrected chi connectivity index (χ1v) is 8.45. The quantitative estimate of drug-likeness (QED) is 0.889. The molecule has 1 aromatic heterocycles. The summed E-state index contributed by atoms with van der Waals surface area (Å²) >= 11 is 3.42. The molecular formula is C16H26BrN3O. The number of hydrogen-bond acceptors (Lipinski definition) is 3. The zero-order chi connectivity index (χ0) is 15.8. The molecule has 21 heavy (non-hydrogen) atoms. The van der Waals surface area contributed by atoms with Crippen LogP contribution in [0, 0.1) is 10.8 Å². The van der Waals surface area contributed by atoms with E-state index in [2.05, 4.69) is 54.0 Å². The average Bonchev–Trinajstić information content (AvgIpc) is 2.31. The fourth-order valence-corrected chi connectivity index (χ4v) is 4.38. The largest absolute Gasteiger partial charge is 0.380 e. The van der Waals surface area contributed by atoms with Crippen molar-refractivity contribution >= 4 is 21.6 Å². The Labute approximate surface area is 135 Å². The maximum absolute atomic E-state index is 12.1. The number of nitrogens with one attached hydrogen (secondary N) is 1. The predicted molar refractivity (Wildman–Crippen MR) is 90.7 cm³/mol.